The summed E-state index contributed by atoms with van der Waals surface area (Å²) >= 11 is 5.88. The average molecular weight is 279 g/mol. The number of aromatic nitrogens is 2. The van der Waals surface area contributed by atoms with Crippen LogP contribution in [0.15, 0.2) is 24.3 Å². The van der Waals surface area contributed by atoms with Crippen LogP contribution in [0.2, 0.25) is 5.02 Å². The molecule has 5 nitrogen and oxygen atoms in total. The molecule has 1 aromatic carbocycles. The maximum Gasteiger partial charge on any atom is 0.273 e. The molecule has 0 fully saturated rings. The van der Waals surface area contributed by atoms with E-state index in [9.17, 15) is 4.79 Å². The molecule has 0 bridgehead atoms. The normalized spacial score (nSPS) is 10.5. The number of nitrogens with one attached hydrogen (secondary N) is 1. The fourth-order valence-corrected chi connectivity index (χ4v) is 1.96. The topological polar surface area (TPSA) is 72.9 Å². The van der Waals surface area contributed by atoms with Crippen LogP contribution >= 0.6 is 11.6 Å². The summed E-state index contributed by atoms with van der Waals surface area (Å²) in [6.07, 6.45) is 0. The Hall–Kier alpha value is -2.01. The number of hydrogen-bond donors (Lipinski definition) is 2. The van der Waals surface area contributed by atoms with Crippen LogP contribution < -0.4 is 11.1 Å². The molecule has 0 unspecified atom stereocenters. The molecule has 100 valence electrons. The van der Waals surface area contributed by atoms with E-state index in [1.807, 2.05) is 13.8 Å². The van der Waals surface area contributed by atoms with Gasteiger partial charge in [0.25, 0.3) is 5.91 Å². The van der Waals surface area contributed by atoms with Crippen LogP contribution in [0.3, 0.4) is 0 Å². The maximum absolute atomic E-state index is 12.2. The van der Waals surface area contributed by atoms with E-state index in [-0.39, 0.29) is 5.91 Å². The molecule has 0 saturated carbocycles. The highest BCUT2D eigenvalue weighted by molar-refractivity contribution is 6.31. The minimum Gasteiger partial charge on any atom is -0.397 e. The lowest BCUT2D eigenvalue weighted by Crippen LogP contribution is -2.18. The van der Waals surface area contributed by atoms with Crippen molar-refractivity contribution < 1.29 is 4.79 Å². The van der Waals surface area contributed by atoms with Crippen LogP contribution in [0.1, 0.15) is 23.1 Å². The highest BCUT2D eigenvalue weighted by Gasteiger charge is 2.14. The van der Waals surface area contributed by atoms with E-state index in [2.05, 4.69) is 10.4 Å². The fraction of sp³-hybridized carbons (Fsp3) is 0.231. The third kappa shape index (κ3) is 2.88. The van der Waals surface area contributed by atoms with Crippen LogP contribution in [-0.2, 0) is 6.54 Å². The first-order chi connectivity index (χ1) is 9.01. The first-order valence-electron chi connectivity index (χ1n) is 5.92. The van der Waals surface area contributed by atoms with Gasteiger partial charge in [-0.05, 0) is 38.1 Å². The van der Waals surface area contributed by atoms with E-state index in [0.717, 1.165) is 5.69 Å². The van der Waals surface area contributed by atoms with Crippen LogP contribution in [0.25, 0.3) is 0 Å². The van der Waals surface area contributed by atoms with Gasteiger partial charge < -0.3 is 11.1 Å². The monoisotopic (exact) mass is 278 g/mol. The van der Waals surface area contributed by atoms with E-state index >= 15 is 0 Å². The number of hydrogen-bond acceptors (Lipinski definition) is 3. The van der Waals surface area contributed by atoms with Gasteiger partial charge in [0, 0.05) is 11.6 Å². The zero-order chi connectivity index (χ0) is 14.0. The van der Waals surface area contributed by atoms with Crippen molar-refractivity contribution >= 4 is 28.9 Å². The second kappa shape index (κ2) is 5.32. The molecule has 0 aliphatic rings. The molecule has 3 N–H and O–H groups in total. The van der Waals surface area contributed by atoms with Gasteiger partial charge in [0.1, 0.15) is 5.69 Å². The molecule has 0 saturated heterocycles. The Morgan fingerprint density at radius 2 is 2.21 bits per heavy atom. The van der Waals surface area contributed by atoms with Crippen LogP contribution in [0.5, 0.6) is 0 Å². The van der Waals surface area contributed by atoms with Crippen molar-refractivity contribution in [2.75, 3.05) is 11.1 Å². The smallest absolute Gasteiger partial charge is 0.273 e. The van der Waals surface area contributed by atoms with Crippen LogP contribution in [-0.4, -0.2) is 15.7 Å². The molecule has 0 spiro atoms. The lowest BCUT2D eigenvalue weighted by molar-refractivity contribution is 0.101. The predicted molar refractivity (Wildman–Crippen MR) is 76.5 cm³/mol. The van der Waals surface area contributed by atoms with Gasteiger partial charge in [-0.2, -0.15) is 5.10 Å². The molecule has 1 heterocycles. The van der Waals surface area contributed by atoms with Gasteiger partial charge >= 0.3 is 0 Å². The van der Waals surface area contributed by atoms with Gasteiger partial charge in [0.2, 0.25) is 0 Å². The summed E-state index contributed by atoms with van der Waals surface area (Å²) in [5.74, 6) is -0.253. The van der Waals surface area contributed by atoms with E-state index < -0.39 is 0 Å². The highest BCUT2D eigenvalue weighted by Crippen LogP contribution is 2.23. The van der Waals surface area contributed by atoms with Crippen LogP contribution in [0.4, 0.5) is 11.4 Å². The number of rotatable bonds is 3. The van der Waals surface area contributed by atoms with Crippen molar-refractivity contribution in [2.45, 2.75) is 20.4 Å². The highest BCUT2D eigenvalue weighted by atomic mass is 35.5. The van der Waals surface area contributed by atoms with E-state index in [1.54, 1.807) is 28.9 Å². The molecule has 0 aliphatic carbocycles. The van der Waals surface area contributed by atoms with Crippen molar-refractivity contribution in [1.82, 2.24) is 9.78 Å². The fourth-order valence-electron chi connectivity index (χ4n) is 1.79. The summed E-state index contributed by atoms with van der Waals surface area (Å²) in [6, 6.07) is 6.68. The van der Waals surface area contributed by atoms with Crippen molar-refractivity contribution in [3.8, 4) is 0 Å². The average Bonchev–Trinajstić information content (AvgIpc) is 2.75. The van der Waals surface area contributed by atoms with Crippen molar-refractivity contribution in [3.63, 3.8) is 0 Å². The van der Waals surface area contributed by atoms with Crippen molar-refractivity contribution in [1.29, 1.82) is 0 Å². The molecule has 1 aromatic heterocycles. The number of nitrogens with two attached hydrogens (primary N) is 1. The summed E-state index contributed by atoms with van der Waals surface area (Å²) in [5, 5.41) is 7.49. The van der Waals surface area contributed by atoms with Gasteiger partial charge in [-0.15, -0.1) is 0 Å². The maximum atomic E-state index is 12.2. The Balaban J connectivity index is 2.27. The Kier molecular flexibility index (Phi) is 3.76. The van der Waals surface area contributed by atoms with E-state index in [4.69, 9.17) is 17.3 Å². The summed E-state index contributed by atoms with van der Waals surface area (Å²) in [7, 11) is 0. The summed E-state index contributed by atoms with van der Waals surface area (Å²) in [5.41, 5.74) is 8.06. The number of carbonyl (C=O) groups excluding carboxylic acids is 1. The largest absolute Gasteiger partial charge is 0.397 e. The van der Waals surface area contributed by atoms with E-state index in [1.165, 1.54) is 0 Å². The number of carbonyl (C=O) groups is 1. The second-order valence-electron chi connectivity index (χ2n) is 4.17. The number of nitrogens with zero attached hydrogens (tertiary/aromatic N) is 2. The van der Waals surface area contributed by atoms with Gasteiger partial charge in [-0.1, -0.05) is 11.6 Å². The molecule has 0 atom stereocenters. The molecular weight excluding hydrogens is 264 g/mol. The Morgan fingerprint density at radius 3 is 2.89 bits per heavy atom. The third-order valence-corrected chi connectivity index (χ3v) is 2.93. The number of benzene rings is 1. The molecule has 6 heteroatoms. The van der Waals surface area contributed by atoms with Crippen LogP contribution in [0, 0.1) is 6.92 Å². The van der Waals surface area contributed by atoms with Gasteiger partial charge in [0.15, 0.2) is 0 Å². The molecule has 2 rings (SSSR count). The van der Waals surface area contributed by atoms with Gasteiger partial charge in [-0.3, -0.25) is 9.48 Å². The number of halogens is 1. The van der Waals surface area contributed by atoms with Crippen molar-refractivity contribution in [3.05, 3.63) is 40.7 Å². The lowest BCUT2D eigenvalue weighted by atomic mass is 10.2. The molecule has 0 aliphatic heterocycles. The quantitative estimate of drug-likeness (QED) is 0.848. The molecule has 2 aromatic rings. The predicted octanol–water partition coefficient (Wildman–Crippen LogP) is 2.70. The van der Waals surface area contributed by atoms with Crippen molar-refractivity contribution in [2.24, 2.45) is 0 Å². The van der Waals surface area contributed by atoms with Gasteiger partial charge in [0.05, 0.1) is 17.1 Å². The summed E-state index contributed by atoms with van der Waals surface area (Å²) in [6.45, 7) is 4.40. The first kappa shape index (κ1) is 13.4. The van der Waals surface area contributed by atoms with E-state index in [0.29, 0.717) is 28.6 Å². The SMILES string of the molecule is CCn1nc(C)cc1C(=O)Nc1cc(Cl)ccc1N. The zero-order valence-electron chi connectivity index (χ0n) is 10.8. The summed E-state index contributed by atoms with van der Waals surface area (Å²) < 4.78 is 1.64. The third-order valence-electron chi connectivity index (χ3n) is 2.70. The number of nitrogen functional groups attached to an aromatic ring is 1. The molecule has 0 radical (unpaired) electrons. The lowest BCUT2D eigenvalue weighted by Gasteiger charge is -2.09. The minimum absolute atomic E-state index is 0.253. The Labute approximate surface area is 116 Å². The minimum atomic E-state index is -0.253. The number of aryl methyl sites for hydroxylation is 2. The summed E-state index contributed by atoms with van der Waals surface area (Å²) in [4.78, 5) is 12.2. The Morgan fingerprint density at radius 1 is 1.47 bits per heavy atom. The Bertz CT molecular complexity index is 621. The van der Waals surface area contributed by atoms with Gasteiger partial charge in [-0.25, -0.2) is 0 Å². The number of amides is 1. The molecule has 19 heavy (non-hydrogen) atoms. The second-order valence-corrected chi connectivity index (χ2v) is 4.61. The standard InChI is InChI=1S/C13H15ClN4O/c1-3-18-12(6-8(2)17-18)13(19)16-11-7-9(14)4-5-10(11)15/h4-7H,3,15H2,1-2H3,(H,16,19). The molecule has 1 amide bonds. The molecular formula is C13H15ClN4O. The first-order valence-corrected chi connectivity index (χ1v) is 6.30. The zero-order valence-corrected chi connectivity index (χ0v) is 11.5. The number of anilines is 2.